The summed E-state index contributed by atoms with van der Waals surface area (Å²) in [6.07, 6.45) is -3.51. The van der Waals surface area contributed by atoms with Crippen LogP contribution in [0.25, 0.3) is 11.1 Å². The Hall–Kier alpha value is -4.14. The topological polar surface area (TPSA) is 124 Å². The molecule has 0 aliphatic heterocycles. The van der Waals surface area contributed by atoms with Gasteiger partial charge in [0.1, 0.15) is 5.84 Å². The number of carboxylic acids is 2. The van der Waals surface area contributed by atoms with Gasteiger partial charge < -0.3 is 15.9 Å². The molecule has 0 spiro atoms. The van der Waals surface area contributed by atoms with Crippen LogP contribution in [-0.4, -0.2) is 34.2 Å². The molecule has 0 amide bonds. The number of aryl methyl sites for hydroxylation is 1. The van der Waals surface area contributed by atoms with Crippen LogP contribution in [-0.2, 0) is 16.0 Å². The Balaban J connectivity index is 0.000000540. The average molecular weight is 486 g/mol. The number of nitrogens with one attached hydrogen (secondary N) is 1. The van der Waals surface area contributed by atoms with Gasteiger partial charge in [0, 0.05) is 5.56 Å². The van der Waals surface area contributed by atoms with Gasteiger partial charge in [-0.15, -0.1) is 0 Å². The lowest BCUT2D eigenvalue weighted by atomic mass is 9.88. The number of carboxylic acid groups (broad SMARTS) is 2. The zero-order chi connectivity index (χ0) is 26.0. The van der Waals surface area contributed by atoms with Gasteiger partial charge in [-0.1, -0.05) is 72.8 Å². The fourth-order valence-corrected chi connectivity index (χ4v) is 3.39. The van der Waals surface area contributed by atoms with E-state index in [1.165, 1.54) is 16.7 Å². The van der Waals surface area contributed by atoms with Gasteiger partial charge in [-0.3, -0.25) is 10.2 Å². The summed E-state index contributed by atoms with van der Waals surface area (Å²) in [5, 5.41) is 24.0. The number of aliphatic carboxylic acids is 2. The second-order valence-electron chi connectivity index (χ2n) is 7.74. The molecule has 0 saturated carbocycles. The van der Waals surface area contributed by atoms with E-state index in [2.05, 4.69) is 36.4 Å². The van der Waals surface area contributed by atoms with Gasteiger partial charge in [-0.2, -0.15) is 13.2 Å². The second kappa shape index (κ2) is 12.4. The van der Waals surface area contributed by atoms with Gasteiger partial charge in [0.25, 0.3) is 0 Å². The third kappa shape index (κ3) is 8.96. The molecule has 6 nitrogen and oxygen atoms in total. The molecule has 0 aliphatic carbocycles. The number of alkyl halides is 3. The number of hydrogen-bond donors (Lipinski definition) is 4. The second-order valence-corrected chi connectivity index (χ2v) is 7.74. The van der Waals surface area contributed by atoms with Crippen molar-refractivity contribution in [1.82, 2.24) is 0 Å². The first-order valence-corrected chi connectivity index (χ1v) is 10.6. The maximum absolute atomic E-state index is 11.3. The van der Waals surface area contributed by atoms with E-state index < -0.39 is 18.1 Å². The van der Waals surface area contributed by atoms with Gasteiger partial charge in [0.05, 0.1) is 6.42 Å². The number of nitrogens with two attached hydrogens (primary N) is 1. The minimum Gasteiger partial charge on any atom is -0.481 e. The Morgan fingerprint density at radius 3 is 1.97 bits per heavy atom. The number of rotatable bonds is 8. The summed E-state index contributed by atoms with van der Waals surface area (Å²) >= 11 is 0. The molecule has 0 heterocycles. The summed E-state index contributed by atoms with van der Waals surface area (Å²) in [6.45, 7) is 0. The van der Waals surface area contributed by atoms with Crippen molar-refractivity contribution in [2.45, 2.75) is 31.4 Å². The van der Waals surface area contributed by atoms with E-state index in [1.807, 2.05) is 36.4 Å². The summed E-state index contributed by atoms with van der Waals surface area (Å²) in [5.74, 6) is -3.71. The largest absolute Gasteiger partial charge is 0.490 e. The molecule has 0 fully saturated rings. The fraction of sp³-hybridized carbons (Fsp3) is 0.192. The van der Waals surface area contributed by atoms with Crippen molar-refractivity contribution in [3.05, 3.63) is 95.6 Å². The maximum atomic E-state index is 11.3. The predicted octanol–water partition coefficient (Wildman–Crippen LogP) is 5.46. The molecule has 0 bridgehead atoms. The van der Waals surface area contributed by atoms with E-state index in [0.29, 0.717) is 5.56 Å². The van der Waals surface area contributed by atoms with Crippen molar-refractivity contribution in [2.24, 2.45) is 5.73 Å². The van der Waals surface area contributed by atoms with Crippen LogP contribution in [0, 0.1) is 5.41 Å². The molecule has 3 rings (SSSR count). The molecular weight excluding hydrogens is 461 g/mol. The normalized spacial score (nSPS) is 11.6. The Labute approximate surface area is 200 Å². The molecule has 1 unspecified atom stereocenters. The van der Waals surface area contributed by atoms with Crippen LogP contribution >= 0.6 is 0 Å². The first kappa shape index (κ1) is 27.1. The van der Waals surface area contributed by atoms with E-state index in [4.69, 9.17) is 21.0 Å². The summed E-state index contributed by atoms with van der Waals surface area (Å²) in [4.78, 5) is 20.2. The van der Waals surface area contributed by atoms with Crippen molar-refractivity contribution >= 4 is 17.8 Å². The van der Waals surface area contributed by atoms with E-state index in [9.17, 15) is 23.1 Å². The van der Waals surface area contributed by atoms with Crippen molar-refractivity contribution in [1.29, 1.82) is 5.41 Å². The standard InChI is InChI=1S/C24H24N2O2.C2HF3O2/c25-24(26)22-8-4-7-20(15-22)21(16-23(27)28)14-11-17-9-12-19(13-10-17)18-5-2-1-3-6-18;3-2(4,5)1(6)7/h1-10,12-13,15,21H,11,14,16H2,(H3,25,26)(H,27,28);(H,6,7). The molecule has 0 aliphatic rings. The predicted molar refractivity (Wildman–Crippen MR) is 126 cm³/mol. The average Bonchev–Trinajstić information content (AvgIpc) is 2.82. The number of nitrogen functional groups attached to an aromatic ring is 1. The number of carbonyl (C=O) groups is 2. The van der Waals surface area contributed by atoms with Crippen LogP contribution in [0.1, 0.15) is 35.4 Å². The molecule has 184 valence electrons. The van der Waals surface area contributed by atoms with Gasteiger partial charge in [0.15, 0.2) is 0 Å². The van der Waals surface area contributed by atoms with E-state index in [0.717, 1.165) is 18.4 Å². The molecule has 9 heteroatoms. The lowest BCUT2D eigenvalue weighted by molar-refractivity contribution is -0.192. The first-order valence-electron chi connectivity index (χ1n) is 10.6. The lowest BCUT2D eigenvalue weighted by Crippen LogP contribution is -2.21. The highest BCUT2D eigenvalue weighted by atomic mass is 19.4. The minimum atomic E-state index is -5.08. The summed E-state index contributed by atoms with van der Waals surface area (Å²) < 4.78 is 31.7. The van der Waals surface area contributed by atoms with E-state index >= 15 is 0 Å². The van der Waals surface area contributed by atoms with Gasteiger partial charge in [0.2, 0.25) is 0 Å². The summed E-state index contributed by atoms with van der Waals surface area (Å²) in [5.41, 5.74) is 10.6. The molecule has 0 saturated heterocycles. The number of halogens is 3. The van der Waals surface area contributed by atoms with Crippen molar-refractivity contribution in [3.63, 3.8) is 0 Å². The molecule has 0 radical (unpaired) electrons. The fourth-order valence-electron chi connectivity index (χ4n) is 3.39. The van der Waals surface area contributed by atoms with E-state index in [1.54, 1.807) is 6.07 Å². The molecule has 3 aromatic carbocycles. The summed E-state index contributed by atoms with van der Waals surface area (Å²) in [7, 11) is 0. The molecule has 3 aromatic rings. The highest BCUT2D eigenvalue weighted by molar-refractivity contribution is 5.95. The lowest BCUT2D eigenvalue weighted by Gasteiger charge is -2.16. The molecule has 5 N–H and O–H groups in total. The summed E-state index contributed by atoms with van der Waals surface area (Å²) in [6, 6.07) is 26.0. The number of hydrogen-bond acceptors (Lipinski definition) is 3. The third-order valence-corrected chi connectivity index (χ3v) is 5.18. The van der Waals surface area contributed by atoms with Gasteiger partial charge >= 0.3 is 18.1 Å². The van der Waals surface area contributed by atoms with Crippen LogP contribution in [0.15, 0.2) is 78.9 Å². The van der Waals surface area contributed by atoms with Crippen LogP contribution in [0.2, 0.25) is 0 Å². The zero-order valence-corrected chi connectivity index (χ0v) is 18.6. The van der Waals surface area contributed by atoms with Crippen LogP contribution in [0.5, 0.6) is 0 Å². The van der Waals surface area contributed by atoms with E-state index in [-0.39, 0.29) is 18.2 Å². The molecular formula is C26H25F3N2O4. The Bertz CT molecular complexity index is 1150. The van der Waals surface area contributed by atoms with Crippen LogP contribution in [0.4, 0.5) is 13.2 Å². The number of benzene rings is 3. The third-order valence-electron chi connectivity index (χ3n) is 5.18. The first-order chi connectivity index (χ1) is 16.5. The SMILES string of the molecule is N=C(N)c1cccc(C(CCc2ccc(-c3ccccc3)cc2)CC(=O)O)c1.O=C(O)C(F)(F)F. The number of amidine groups is 1. The monoisotopic (exact) mass is 486 g/mol. The molecule has 35 heavy (non-hydrogen) atoms. The smallest absolute Gasteiger partial charge is 0.481 e. The van der Waals surface area contributed by atoms with Crippen molar-refractivity contribution < 1.29 is 33.0 Å². The quantitative estimate of drug-likeness (QED) is 0.249. The minimum absolute atomic E-state index is 0.00701. The van der Waals surface area contributed by atoms with Crippen molar-refractivity contribution in [3.8, 4) is 11.1 Å². The Morgan fingerprint density at radius 2 is 1.46 bits per heavy atom. The Kier molecular flexibility index (Phi) is 9.57. The molecule has 1 atom stereocenters. The van der Waals surface area contributed by atoms with Crippen LogP contribution < -0.4 is 5.73 Å². The highest BCUT2D eigenvalue weighted by Crippen LogP contribution is 2.27. The highest BCUT2D eigenvalue weighted by Gasteiger charge is 2.38. The van der Waals surface area contributed by atoms with Crippen LogP contribution in [0.3, 0.4) is 0 Å². The van der Waals surface area contributed by atoms with Crippen molar-refractivity contribution in [2.75, 3.05) is 0 Å². The van der Waals surface area contributed by atoms with Gasteiger partial charge in [-0.05, 0) is 47.1 Å². The zero-order valence-electron chi connectivity index (χ0n) is 18.6. The van der Waals surface area contributed by atoms with Gasteiger partial charge in [-0.25, -0.2) is 4.79 Å². The maximum Gasteiger partial charge on any atom is 0.490 e. The molecule has 0 aromatic heterocycles. The Morgan fingerprint density at radius 1 is 0.886 bits per heavy atom.